The Bertz CT molecular complexity index is 941. The van der Waals surface area contributed by atoms with Gasteiger partial charge >= 0.3 is 0 Å². The maximum Gasteiger partial charge on any atom is 0.257 e. The summed E-state index contributed by atoms with van der Waals surface area (Å²) in [6.07, 6.45) is 2.07. The highest BCUT2D eigenvalue weighted by atomic mass is 16.5. The number of likely N-dealkylation sites (tertiary alicyclic amines) is 1. The summed E-state index contributed by atoms with van der Waals surface area (Å²) in [5, 5.41) is 0. The second-order valence-electron chi connectivity index (χ2n) is 8.38. The monoisotopic (exact) mass is 408 g/mol. The highest BCUT2D eigenvalue weighted by Gasteiger charge is 2.44. The molecule has 158 valence electrons. The molecule has 3 aliphatic heterocycles. The lowest BCUT2D eigenvalue weighted by Crippen LogP contribution is -2.44. The van der Waals surface area contributed by atoms with Crippen molar-refractivity contribution in [1.29, 1.82) is 0 Å². The second-order valence-corrected chi connectivity index (χ2v) is 8.38. The predicted molar refractivity (Wildman–Crippen MR) is 114 cm³/mol. The summed E-state index contributed by atoms with van der Waals surface area (Å²) >= 11 is 0. The summed E-state index contributed by atoms with van der Waals surface area (Å²) in [6, 6.07) is 14.4. The van der Waals surface area contributed by atoms with Gasteiger partial charge in [0.1, 0.15) is 17.6 Å². The first kappa shape index (κ1) is 19.4. The minimum absolute atomic E-state index is 0.0244. The number of carbonyl (C=O) groups is 1. The predicted octanol–water partition coefficient (Wildman–Crippen LogP) is 3.06. The normalized spacial score (nSPS) is 24.7. The third kappa shape index (κ3) is 3.44. The zero-order valence-corrected chi connectivity index (χ0v) is 17.5. The van der Waals surface area contributed by atoms with Gasteiger partial charge in [0.25, 0.3) is 5.91 Å². The smallest absolute Gasteiger partial charge is 0.257 e. The third-order valence-electron chi connectivity index (χ3n) is 6.68. The Labute approximate surface area is 177 Å². The van der Waals surface area contributed by atoms with Gasteiger partial charge in [0.2, 0.25) is 0 Å². The Balaban J connectivity index is 1.44. The molecule has 2 aromatic carbocycles. The van der Waals surface area contributed by atoms with Crippen LogP contribution in [0.15, 0.2) is 42.5 Å². The number of fused-ring (bicyclic) bond motifs is 2. The van der Waals surface area contributed by atoms with Crippen LogP contribution < -0.4 is 9.47 Å². The quantitative estimate of drug-likeness (QED) is 0.781. The van der Waals surface area contributed by atoms with Crippen molar-refractivity contribution < 1.29 is 19.0 Å². The average molecular weight is 408 g/mol. The number of methoxy groups -OCH3 is 1. The molecule has 0 spiro atoms. The lowest BCUT2D eigenvalue weighted by Gasteiger charge is -2.31. The Morgan fingerprint density at radius 2 is 1.83 bits per heavy atom. The number of hydrogen-bond donors (Lipinski definition) is 0. The summed E-state index contributed by atoms with van der Waals surface area (Å²) in [5.41, 5.74) is 2.69. The number of carbonyl (C=O) groups excluding carboxylic acids is 1. The van der Waals surface area contributed by atoms with Crippen LogP contribution >= 0.6 is 0 Å². The van der Waals surface area contributed by atoms with Crippen LogP contribution in [0.4, 0.5) is 0 Å². The fourth-order valence-corrected chi connectivity index (χ4v) is 4.90. The molecule has 6 heteroatoms. The van der Waals surface area contributed by atoms with Crippen molar-refractivity contribution in [3.05, 3.63) is 48.0 Å². The molecule has 2 fully saturated rings. The molecule has 30 heavy (non-hydrogen) atoms. The van der Waals surface area contributed by atoms with Gasteiger partial charge in [-0.2, -0.15) is 0 Å². The first-order valence-electron chi connectivity index (χ1n) is 10.7. The van der Waals surface area contributed by atoms with Gasteiger partial charge in [-0.25, -0.2) is 0 Å². The summed E-state index contributed by atoms with van der Waals surface area (Å²) in [5.74, 6) is 1.51. The summed E-state index contributed by atoms with van der Waals surface area (Å²) in [4.78, 5) is 17.6. The number of benzene rings is 2. The van der Waals surface area contributed by atoms with Gasteiger partial charge in [-0.1, -0.05) is 18.2 Å². The van der Waals surface area contributed by atoms with Gasteiger partial charge in [0.15, 0.2) is 0 Å². The Morgan fingerprint density at radius 1 is 1.03 bits per heavy atom. The van der Waals surface area contributed by atoms with Crippen LogP contribution in [0, 0.1) is 0 Å². The molecular formula is C24H28N2O4. The minimum Gasteiger partial charge on any atom is -0.497 e. The fraction of sp³-hybridized carbons (Fsp3) is 0.458. The van der Waals surface area contributed by atoms with Crippen LogP contribution in [-0.4, -0.2) is 74.4 Å². The zero-order valence-electron chi connectivity index (χ0n) is 17.5. The van der Waals surface area contributed by atoms with Gasteiger partial charge < -0.3 is 19.1 Å². The molecule has 1 amide bonds. The van der Waals surface area contributed by atoms with Crippen LogP contribution in [-0.2, 0) is 4.74 Å². The summed E-state index contributed by atoms with van der Waals surface area (Å²) in [7, 11) is 3.57. The number of amides is 1. The van der Waals surface area contributed by atoms with Crippen LogP contribution in [0.5, 0.6) is 11.5 Å². The average Bonchev–Trinajstić information content (AvgIpc) is 3.19. The molecule has 2 atom stereocenters. The Morgan fingerprint density at radius 3 is 2.63 bits per heavy atom. The van der Waals surface area contributed by atoms with Crippen molar-refractivity contribution in [2.45, 2.75) is 31.0 Å². The summed E-state index contributed by atoms with van der Waals surface area (Å²) in [6.45, 7) is 3.34. The SMILES string of the molecule is COc1cccc(-c2ccc3c(c2)OC2CN(C4CCOCC4)CC2N(C)C3=O)c1. The van der Waals surface area contributed by atoms with E-state index in [0.717, 1.165) is 56.0 Å². The van der Waals surface area contributed by atoms with Crippen LogP contribution in [0.25, 0.3) is 11.1 Å². The Hall–Kier alpha value is -2.57. The van der Waals surface area contributed by atoms with E-state index in [1.54, 1.807) is 7.11 Å². The molecule has 2 aromatic rings. The summed E-state index contributed by atoms with van der Waals surface area (Å²) < 4.78 is 17.4. The molecular weight excluding hydrogens is 380 g/mol. The lowest BCUT2D eigenvalue weighted by atomic mass is 10.0. The number of rotatable bonds is 3. The number of ether oxygens (including phenoxy) is 3. The van der Waals surface area contributed by atoms with Crippen LogP contribution in [0.3, 0.4) is 0 Å². The van der Waals surface area contributed by atoms with Crippen molar-refractivity contribution in [2.75, 3.05) is 40.5 Å². The first-order valence-corrected chi connectivity index (χ1v) is 10.7. The van der Waals surface area contributed by atoms with E-state index in [1.165, 1.54) is 0 Å². The number of hydrogen-bond acceptors (Lipinski definition) is 5. The standard InChI is InChI=1S/C24H28N2O4/c1-25-21-14-26(18-8-10-29-11-9-18)15-23(21)30-22-13-17(6-7-20(22)24(25)27)16-4-3-5-19(12-16)28-2/h3-7,12-13,18,21,23H,8-11,14-15H2,1-2H3. The molecule has 2 unspecified atom stereocenters. The van der Waals surface area contributed by atoms with Crippen molar-refractivity contribution >= 4 is 5.91 Å². The first-order chi connectivity index (χ1) is 14.6. The third-order valence-corrected chi connectivity index (χ3v) is 6.68. The number of nitrogens with zero attached hydrogens (tertiary/aromatic N) is 2. The Kier molecular flexibility index (Phi) is 5.13. The van der Waals surface area contributed by atoms with Gasteiger partial charge in [-0.3, -0.25) is 9.69 Å². The number of likely N-dealkylation sites (N-methyl/N-ethyl adjacent to an activating group) is 1. The molecule has 0 aliphatic carbocycles. The van der Waals surface area contributed by atoms with Gasteiger partial charge in [0.05, 0.1) is 18.7 Å². The van der Waals surface area contributed by atoms with Gasteiger partial charge in [0, 0.05) is 39.4 Å². The maximum absolute atomic E-state index is 13.2. The highest BCUT2D eigenvalue weighted by Crippen LogP contribution is 2.35. The minimum atomic E-state index is -0.0244. The molecule has 3 heterocycles. The molecule has 5 rings (SSSR count). The van der Waals surface area contributed by atoms with Crippen LogP contribution in [0.1, 0.15) is 23.2 Å². The van der Waals surface area contributed by atoms with E-state index in [4.69, 9.17) is 14.2 Å². The molecule has 0 radical (unpaired) electrons. The maximum atomic E-state index is 13.2. The largest absolute Gasteiger partial charge is 0.497 e. The molecule has 0 aromatic heterocycles. The van der Waals surface area contributed by atoms with Crippen molar-refractivity contribution in [1.82, 2.24) is 9.80 Å². The molecule has 0 saturated carbocycles. The topological polar surface area (TPSA) is 51.2 Å². The van der Waals surface area contributed by atoms with E-state index < -0.39 is 0 Å². The van der Waals surface area contributed by atoms with E-state index in [2.05, 4.69) is 4.90 Å². The molecule has 6 nitrogen and oxygen atoms in total. The fourth-order valence-electron chi connectivity index (χ4n) is 4.90. The van der Waals surface area contributed by atoms with E-state index in [9.17, 15) is 4.79 Å². The highest BCUT2D eigenvalue weighted by molar-refractivity contribution is 5.98. The molecule has 2 saturated heterocycles. The van der Waals surface area contributed by atoms with Gasteiger partial charge in [-0.15, -0.1) is 0 Å². The van der Waals surface area contributed by atoms with Crippen molar-refractivity contribution in [2.24, 2.45) is 0 Å². The van der Waals surface area contributed by atoms with E-state index in [0.29, 0.717) is 17.4 Å². The van der Waals surface area contributed by atoms with E-state index in [-0.39, 0.29) is 18.1 Å². The van der Waals surface area contributed by atoms with Crippen molar-refractivity contribution in [3.8, 4) is 22.6 Å². The molecule has 0 bridgehead atoms. The van der Waals surface area contributed by atoms with E-state index >= 15 is 0 Å². The molecule has 3 aliphatic rings. The van der Waals surface area contributed by atoms with Crippen LogP contribution in [0.2, 0.25) is 0 Å². The zero-order chi connectivity index (χ0) is 20.7. The lowest BCUT2D eigenvalue weighted by molar-refractivity contribution is 0.0379. The second kappa shape index (κ2) is 7.93. The molecule has 0 N–H and O–H groups in total. The van der Waals surface area contributed by atoms with E-state index in [1.807, 2.05) is 54.4 Å². The van der Waals surface area contributed by atoms with Crippen molar-refractivity contribution in [3.63, 3.8) is 0 Å². The van der Waals surface area contributed by atoms with Gasteiger partial charge in [-0.05, 0) is 48.2 Å².